The van der Waals surface area contributed by atoms with Crippen molar-refractivity contribution in [2.45, 2.75) is 56.7 Å². The first kappa shape index (κ1) is 23.4. The van der Waals surface area contributed by atoms with E-state index in [1.807, 2.05) is 25.2 Å². The summed E-state index contributed by atoms with van der Waals surface area (Å²) >= 11 is 0. The molecule has 0 bridgehead atoms. The van der Waals surface area contributed by atoms with Gasteiger partial charge in [0, 0.05) is 43.1 Å². The molecule has 1 aromatic carbocycles. The Balaban J connectivity index is 1.25. The molecule has 1 saturated heterocycles. The van der Waals surface area contributed by atoms with Crippen LogP contribution in [0.5, 0.6) is 5.75 Å². The van der Waals surface area contributed by atoms with Gasteiger partial charge < -0.3 is 25.4 Å². The van der Waals surface area contributed by atoms with Crippen LogP contribution in [0.2, 0.25) is 0 Å². The van der Waals surface area contributed by atoms with Gasteiger partial charge in [-0.2, -0.15) is 0 Å². The van der Waals surface area contributed by atoms with Crippen molar-refractivity contribution < 1.29 is 14.3 Å². The fraction of sp³-hybridized carbons (Fsp3) is 0.462. The number of ether oxygens (including phenoxy) is 2. The summed E-state index contributed by atoms with van der Waals surface area (Å²) in [5, 5.41) is 10.5. The molecule has 5 rings (SSSR count). The van der Waals surface area contributed by atoms with Crippen LogP contribution in [0.1, 0.15) is 48.9 Å². The zero-order chi connectivity index (χ0) is 24.0. The standard InChI is InChI=1S/C26H32N6O3/c1-27-19-6-8-21(9-7-19)35-22-4-2-3-17-15-29-26(32-24(17)22)31-23-10-5-18(16-28-23)25(33)30-20-11-13-34-14-12-20/h2-5,10,15-16,19-21,27H,6-9,11-14H2,1H3,(H,30,33)(H,28,29,31,32). The summed E-state index contributed by atoms with van der Waals surface area (Å²) in [4.78, 5) is 26.0. The minimum absolute atomic E-state index is 0.122. The van der Waals surface area contributed by atoms with Crippen molar-refractivity contribution in [3.8, 4) is 5.75 Å². The number of fused-ring (bicyclic) bond motifs is 1. The molecule has 2 aromatic heterocycles. The number of aromatic nitrogens is 3. The second-order valence-electron chi connectivity index (χ2n) is 9.18. The number of carbonyl (C=O) groups is 1. The zero-order valence-corrected chi connectivity index (χ0v) is 20.0. The van der Waals surface area contributed by atoms with Crippen LogP contribution in [0.4, 0.5) is 11.8 Å². The van der Waals surface area contributed by atoms with Crippen molar-refractivity contribution in [1.29, 1.82) is 0 Å². The van der Waals surface area contributed by atoms with E-state index in [9.17, 15) is 4.79 Å². The molecule has 184 valence electrons. The Hall–Kier alpha value is -3.30. The molecule has 1 aliphatic carbocycles. The van der Waals surface area contributed by atoms with Gasteiger partial charge in [0.25, 0.3) is 5.91 Å². The Kier molecular flexibility index (Phi) is 7.34. The van der Waals surface area contributed by atoms with Gasteiger partial charge in [-0.15, -0.1) is 0 Å². The second kappa shape index (κ2) is 11.0. The van der Waals surface area contributed by atoms with E-state index in [1.165, 1.54) is 0 Å². The number of hydrogen-bond donors (Lipinski definition) is 3. The highest BCUT2D eigenvalue weighted by molar-refractivity contribution is 5.94. The van der Waals surface area contributed by atoms with Crippen molar-refractivity contribution in [3.05, 3.63) is 48.3 Å². The molecule has 9 nitrogen and oxygen atoms in total. The number of rotatable bonds is 7. The van der Waals surface area contributed by atoms with Crippen molar-refractivity contribution in [3.63, 3.8) is 0 Å². The quantitative estimate of drug-likeness (QED) is 0.475. The fourth-order valence-corrected chi connectivity index (χ4v) is 4.66. The summed E-state index contributed by atoms with van der Waals surface area (Å²) < 4.78 is 11.7. The van der Waals surface area contributed by atoms with Crippen LogP contribution in [0, 0.1) is 0 Å². The number of amides is 1. The van der Waals surface area contributed by atoms with Crippen LogP contribution >= 0.6 is 0 Å². The van der Waals surface area contributed by atoms with Crippen LogP contribution in [-0.2, 0) is 4.74 Å². The topological polar surface area (TPSA) is 110 Å². The summed E-state index contributed by atoms with van der Waals surface area (Å²) in [6, 6.07) is 10.2. The zero-order valence-electron chi connectivity index (χ0n) is 20.0. The predicted molar refractivity (Wildman–Crippen MR) is 134 cm³/mol. The number of carbonyl (C=O) groups excluding carboxylic acids is 1. The lowest BCUT2D eigenvalue weighted by Gasteiger charge is -2.28. The third-order valence-corrected chi connectivity index (χ3v) is 6.77. The molecule has 3 heterocycles. The highest BCUT2D eigenvalue weighted by Gasteiger charge is 2.22. The van der Waals surface area contributed by atoms with Gasteiger partial charge in [0.05, 0.1) is 11.7 Å². The Bertz CT molecular complexity index is 1140. The van der Waals surface area contributed by atoms with E-state index >= 15 is 0 Å². The Morgan fingerprint density at radius 3 is 2.54 bits per heavy atom. The lowest BCUT2D eigenvalue weighted by atomic mass is 9.93. The second-order valence-corrected chi connectivity index (χ2v) is 9.18. The predicted octanol–water partition coefficient (Wildman–Crippen LogP) is 3.59. The van der Waals surface area contributed by atoms with Gasteiger partial charge in [0.15, 0.2) is 0 Å². The Morgan fingerprint density at radius 1 is 0.971 bits per heavy atom. The van der Waals surface area contributed by atoms with Crippen molar-refractivity contribution in [2.75, 3.05) is 25.6 Å². The monoisotopic (exact) mass is 476 g/mol. The molecular formula is C26H32N6O3. The summed E-state index contributed by atoms with van der Waals surface area (Å²) in [6.45, 7) is 1.37. The van der Waals surface area contributed by atoms with E-state index in [-0.39, 0.29) is 18.1 Å². The highest BCUT2D eigenvalue weighted by atomic mass is 16.5. The first-order valence-corrected chi connectivity index (χ1v) is 12.4. The van der Waals surface area contributed by atoms with Gasteiger partial charge in [0.2, 0.25) is 5.95 Å². The Labute approximate surface area is 205 Å². The van der Waals surface area contributed by atoms with Crippen molar-refractivity contribution >= 4 is 28.6 Å². The van der Waals surface area contributed by atoms with E-state index in [0.717, 1.165) is 55.2 Å². The van der Waals surface area contributed by atoms with Gasteiger partial charge in [-0.3, -0.25) is 4.79 Å². The van der Waals surface area contributed by atoms with Crippen LogP contribution in [0.25, 0.3) is 10.9 Å². The van der Waals surface area contributed by atoms with E-state index in [2.05, 4.69) is 25.9 Å². The number of hydrogen-bond acceptors (Lipinski definition) is 8. The van der Waals surface area contributed by atoms with Crippen LogP contribution in [-0.4, -0.2) is 59.3 Å². The molecule has 9 heteroatoms. The summed E-state index contributed by atoms with van der Waals surface area (Å²) in [6.07, 6.45) is 9.48. The molecule has 2 aliphatic rings. The average molecular weight is 477 g/mol. The summed E-state index contributed by atoms with van der Waals surface area (Å²) in [7, 11) is 2.02. The first-order valence-electron chi connectivity index (χ1n) is 12.4. The van der Waals surface area contributed by atoms with E-state index in [4.69, 9.17) is 14.5 Å². The molecule has 2 fully saturated rings. The number of benzene rings is 1. The molecule has 0 atom stereocenters. The fourth-order valence-electron chi connectivity index (χ4n) is 4.66. The maximum Gasteiger partial charge on any atom is 0.253 e. The number of anilines is 2. The molecule has 0 radical (unpaired) electrons. The third-order valence-electron chi connectivity index (χ3n) is 6.77. The Morgan fingerprint density at radius 2 is 1.80 bits per heavy atom. The summed E-state index contributed by atoms with van der Waals surface area (Å²) in [5.41, 5.74) is 1.29. The van der Waals surface area contributed by atoms with Gasteiger partial charge in [-0.1, -0.05) is 12.1 Å². The number of nitrogens with zero attached hydrogens (tertiary/aromatic N) is 3. The van der Waals surface area contributed by atoms with Crippen LogP contribution < -0.4 is 20.7 Å². The molecule has 3 N–H and O–H groups in total. The smallest absolute Gasteiger partial charge is 0.253 e. The average Bonchev–Trinajstić information content (AvgIpc) is 2.90. The number of para-hydroxylation sites is 1. The maximum atomic E-state index is 12.5. The lowest BCUT2D eigenvalue weighted by Crippen LogP contribution is -2.38. The van der Waals surface area contributed by atoms with Gasteiger partial charge >= 0.3 is 0 Å². The molecule has 35 heavy (non-hydrogen) atoms. The molecule has 3 aromatic rings. The number of nitrogens with one attached hydrogen (secondary N) is 3. The number of pyridine rings is 1. The molecule has 1 saturated carbocycles. The maximum absolute atomic E-state index is 12.5. The minimum atomic E-state index is -0.122. The van der Waals surface area contributed by atoms with E-state index in [1.54, 1.807) is 24.5 Å². The molecular weight excluding hydrogens is 444 g/mol. The van der Waals surface area contributed by atoms with Crippen molar-refractivity contribution in [1.82, 2.24) is 25.6 Å². The largest absolute Gasteiger partial charge is 0.488 e. The molecule has 1 amide bonds. The van der Waals surface area contributed by atoms with Gasteiger partial charge in [-0.25, -0.2) is 15.0 Å². The molecule has 1 aliphatic heterocycles. The van der Waals surface area contributed by atoms with E-state index in [0.29, 0.717) is 36.6 Å². The molecule has 0 spiro atoms. The van der Waals surface area contributed by atoms with Gasteiger partial charge in [-0.05, 0) is 63.8 Å². The van der Waals surface area contributed by atoms with Crippen LogP contribution in [0.3, 0.4) is 0 Å². The normalized spacial score (nSPS) is 20.9. The minimum Gasteiger partial charge on any atom is -0.488 e. The third kappa shape index (κ3) is 5.86. The first-order chi connectivity index (χ1) is 17.2. The highest BCUT2D eigenvalue weighted by Crippen LogP contribution is 2.29. The van der Waals surface area contributed by atoms with E-state index < -0.39 is 0 Å². The molecule has 0 unspecified atom stereocenters. The van der Waals surface area contributed by atoms with Crippen molar-refractivity contribution in [2.24, 2.45) is 0 Å². The SMILES string of the molecule is CNC1CCC(Oc2cccc3cnc(Nc4ccc(C(=O)NC5CCOCC5)cn4)nc23)CC1. The van der Waals surface area contributed by atoms with Crippen LogP contribution in [0.15, 0.2) is 42.7 Å². The lowest BCUT2D eigenvalue weighted by molar-refractivity contribution is 0.0696. The van der Waals surface area contributed by atoms with Gasteiger partial charge in [0.1, 0.15) is 17.1 Å². The summed E-state index contributed by atoms with van der Waals surface area (Å²) in [5.74, 6) is 1.65.